The van der Waals surface area contributed by atoms with Crippen LogP contribution < -0.4 is 5.73 Å². The third-order valence-corrected chi connectivity index (χ3v) is 1.81. The van der Waals surface area contributed by atoms with Crippen molar-refractivity contribution >= 4 is 5.82 Å². The van der Waals surface area contributed by atoms with Gasteiger partial charge in [-0.1, -0.05) is 20.8 Å². The highest BCUT2D eigenvalue weighted by Gasteiger charge is 2.08. The minimum absolute atomic E-state index is 0.453. The number of hydrogen-bond acceptors (Lipinski definition) is 2. The van der Waals surface area contributed by atoms with Gasteiger partial charge in [0.1, 0.15) is 11.6 Å². The van der Waals surface area contributed by atoms with Gasteiger partial charge in [-0.2, -0.15) is 0 Å². The predicted molar refractivity (Wildman–Crippen MR) is 51.0 cm³/mol. The summed E-state index contributed by atoms with van der Waals surface area (Å²) in [4.78, 5) is 4.27. The van der Waals surface area contributed by atoms with Crippen LogP contribution in [0, 0.1) is 0 Å². The Bertz CT molecular complexity index is 250. The zero-order valence-corrected chi connectivity index (χ0v) is 8.04. The molecule has 0 bridgehead atoms. The molecule has 1 rings (SSSR count). The molecular formula is C9H17N3. The highest BCUT2D eigenvalue weighted by atomic mass is 15.1. The number of nitrogens with zero attached hydrogens (tertiary/aromatic N) is 2. The van der Waals surface area contributed by atoms with Gasteiger partial charge in [0.2, 0.25) is 0 Å². The Morgan fingerprint density at radius 2 is 2.25 bits per heavy atom. The fourth-order valence-corrected chi connectivity index (χ4v) is 1.33. The highest BCUT2D eigenvalue weighted by Crippen LogP contribution is 2.15. The molecule has 68 valence electrons. The largest absolute Gasteiger partial charge is 0.382 e. The van der Waals surface area contributed by atoms with Crippen LogP contribution in [-0.4, -0.2) is 9.55 Å². The summed E-state index contributed by atoms with van der Waals surface area (Å²) in [6.45, 7) is 7.43. The van der Waals surface area contributed by atoms with Crippen molar-refractivity contribution in [3.63, 3.8) is 0 Å². The van der Waals surface area contributed by atoms with Gasteiger partial charge < -0.3 is 10.3 Å². The van der Waals surface area contributed by atoms with E-state index in [1.165, 1.54) is 0 Å². The fraction of sp³-hybridized carbons (Fsp3) is 0.667. The van der Waals surface area contributed by atoms with Crippen molar-refractivity contribution in [3.8, 4) is 0 Å². The van der Waals surface area contributed by atoms with E-state index in [-0.39, 0.29) is 0 Å². The number of imidazole rings is 1. The maximum absolute atomic E-state index is 5.62. The van der Waals surface area contributed by atoms with Crippen LogP contribution in [0.25, 0.3) is 0 Å². The van der Waals surface area contributed by atoms with Gasteiger partial charge in [0.05, 0.1) is 0 Å². The van der Waals surface area contributed by atoms with Crippen LogP contribution in [0.2, 0.25) is 0 Å². The van der Waals surface area contributed by atoms with Gasteiger partial charge in [0, 0.05) is 18.7 Å². The molecule has 1 aromatic heterocycles. The minimum atomic E-state index is 0.453. The average molecular weight is 167 g/mol. The van der Waals surface area contributed by atoms with Crippen molar-refractivity contribution in [2.24, 2.45) is 0 Å². The Balaban J connectivity index is 2.92. The van der Waals surface area contributed by atoms with E-state index >= 15 is 0 Å². The zero-order chi connectivity index (χ0) is 9.14. The topological polar surface area (TPSA) is 43.8 Å². The van der Waals surface area contributed by atoms with Crippen LogP contribution in [0.3, 0.4) is 0 Å². The van der Waals surface area contributed by atoms with Gasteiger partial charge in [-0.15, -0.1) is 0 Å². The summed E-state index contributed by atoms with van der Waals surface area (Å²) in [5.74, 6) is 2.18. The van der Waals surface area contributed by atoms with Gasteiger partial charge in [0.25, 0.3) is 0 Å². The molecule has 0 aliphatic carbocycles. The number of anilines is 1. The molecule has 3 nitrogen and oxygen atoms in total. The predicted octanol–water partition coefficient (Wildman–Crippen LogP) is 2.00. The molecule has 0 radical (unpaired) electrons. The van der Waals surface area contributed by atoms with Crippen LogP contribution in [0.15, 0.2) is 6.20 Å². The summed E-state index contributed by atoms with van der Waals surface area (Å²) in [5.41, 5.74) is 5.62. The van der Waals surface area contributed by atoms with Crippen LogP contribution >= 0.6 is 0 Å². The lowest BCUT2D eigenvalue weighted by Gasteiger charge is -2.07. The summed E-state index contributed by atoms with van der Waals surface area (Å²) in [6.07, 6.45) is 3.04. The molecule has 0 saturated carbocycles. The van der Waals surface area contributed by atoms with Crippen LogP contribution in [-0.2, 0) is 6.54 Å². The molecule has 2 N–H and O–H groups in total. The summed E-state index contributed by atoms with van der Waals surface area (Å²) in [7, 11) is 0. The van der Waals surface area contributed by atoms with Gasteiger partial charge in [0.15, 0.2) is 0 Å². The molecule has 0 aliphatic rings. The second kappa shape index (κ2) is 3.61. The SMILES string of the molecule is CCCn1cc(N)nc1C(C)C. The number of nitrogens with two attached hydrogens (primary N) is 1. The fourth-order valence-electron chi connectivity index (χ4n) is 1.33. The Hall–Kier alpha value is -0.990. The number of hydrogen-bond donors (Lipinski definition) is 1. The lowest BCUT2D eigenvalue weighted by Crippen LogP contribution is -2.03. The molecule has 0 unspecified atom stereocenters. The van der Waals surface area contributed by atoms with Crippen molar-refractivity contribution in [2.45, 2.75) is 39.7 Å². The third-order valence-electron chi connectivity index (χ3n) is 1.81. The highest BCUT2D eigenvalue weighted by molar-refractivity contribution is 5.26. The van der Waals surface area contributed by atoms with Gasteiger partial charge in [-0.3, -0.25) is 0 Å². The Kier molecular flexibility index (Phi) is 2.74. The molecule has 0 spiro atoms. The summed E-state index contributed by atoms with van der Waals surface area (Å²) in [6, 6.07) is 0. The number of nitrogen functional groups attached to an aromatic ring is 1. The number of aromatic nitrogens is 2. The maximum atomic E-state index is 5.62. The number of rotatable bonds is 3. The quantitative estimate of drug-likeness (QED) is 0.748. The van der Waals surface area contributed by atoms with Crippen LogP contribution in [0.1, 0.15) is 38.9 Å². The molecular weight excluding hydrogens is 150 g/mol. The molecule has 0 saturated heterocycles. The normalized spacial score (nSPS) is 11.0. The van der Waals surface area contributed by atoms with E-state index in [0.717, 1.165) is 18.8 Å². The Labute approximate surface area is 73.6 Å². The smallest absolute Gasteiger partial charge is 0.141 e. The van der Waals surface area contributed by atoms with Crippen molar-refractivity contribution in [2.75, 3.05) is 5.73 Å². The molecule has 0 fully saturated rings. The zero-order valence-electron chi connectivity index (χ0n) is 8.04. The van der Waals surface area contributed by atoms with E-state index in [0.29, 0.717) is 11.7 Å². The summed E-state index contributed by atoms with van der Waals surface area (Å²) < 4.78 is 2.14. The molecule has 0 aromatic carbocycles. The molecule has 1 heterocycles. The van der Waals surface area contributed by atoms with Crippen molar-refractivity contribution in [1.29, 1.82) is 0 Å². The molecule has 0 aliphatic heterocycles. The first-order valence-corrected chi connectivity index (χ1v) is 4.47. The minimum Gasteiger partial charge on any atom is -0.382 e. The van der Waals surface area contributed by atoms with Gasteiger partial charge in [-0.05, 0) is 6.42 Å². The van der Waals surface area contributed by atoms with Crippen molar-refractivity contribution in [1.82, 2.24) is 9.55 Å². The van der Waals surface area contributed by atoms with Crippen LogP contribution in [0.4, 0.5) is 5.82 Å². The second-order valence-electron chi connectivity index (χ2n) is 3.37. The Morgan fingerprint density at radius 1 is 1.58 bits per heavy atom. The molecule has 3 heteroatoms. The van der Waals surface area contributed by atoms with Gasteiger partial charge >= 0.3 is 0 Å². The van der Waals surface area contributed by atoms with E-state index < -0.39 is 0 Å². The Morgan fingerprint density at radius 3 is 2.75 bits per heavy atom. The first-order chi connectivity index (χ1) is 5.65. The van der Waals surface area contributed by atoms with Gasteiger partial charge in [-0.25, -0.2) is 4.98 Å². The third kappa shape index (κ3) is 1.78. The molecule has 0 amide bonds. The van der Waals surface area contributed by atoms with Crippen molar-refractivity contribution < 1.29 is 0 Å². The molecule has 12 heavy (non-hydrogen) atoms. The van der Waals surface area contributed by atoms with Crippen molar-refractivity contribution in [3.05, 3.63) is 12.0 Å². The lowest BCUT2D eigenvalue weighted by molar-refractivity contribution is 0.610. The van der Waals surface area contributed by atoms with E-state index in [1.54, 1.807) is 0 Å². The monoisotopic (exact) mass is 167 g/mol. The first kappa shape index (κ1) is 9.10. The van der Waals surface area contributed by atoms with E-state index in [1.807, 2.05) is 6.20 Å². The second-order valence-corrected chi connectivity index (χ2v) is 3.37. The molecule has 1 aromatic rings. The number of aryl methyl sites for hydroxylation is 1. The molecule has 0 atom stereocenters. The van der Waals surface area contributed by atoms with E-state index in [9.17, 15) is 0 Å². The van der Waals surface area contributed by atoms with Crippen LogP contribution in [0.5, 0.6) is 0 Å². The first-order valence-electron chi connectivity index (χ1n) is 4.47. The van der Waals surface area contributed by atoms with E-state index in [4.69, 9.17) is 5.73 Å². The lowest BCUT2D eigenvalue weighted by atomic mass is 10.2. The maximum Gasteiger partial charge on any atom is 0.141 e. The average Bonchev–Trinajstić information content (AvgIpc) is 2.32. The van der Waals surface area contributed by atoms with E-state index in [2.05, 4.69) is 30.3 Å². The standard InChI is InChI=1S/C9H17N3/c1-4-5-12-6-8(10)11-9(12)7(2)3/h6-7H,4-5,10H2,1-3H3. The summed E-state index contributed by atoms with van der Waals surface area (Å²) >= 11 is 0. The summed E-state index contributed by atoms with van der Waals surface area (Å²) in [5, 5.41) is 0.